The number of ketones is 1. The van der Waals surface area contributed by atoms with Crippen molar-refractivity contribution in [2.75, 3.05) is 0 Å². The van der Waals surface area contributed by atoms with Crippen LogP contribution < -0.4 is 0 Å². The van der Waals surface area contributed by atoms with Gasteiger partial charge < -0.3 is 10.2 Å². The van der Waals surface area contributed by atoms with Gasteiger partial charge in [0.25, 0.3) is 0 Å². The summed E-state index contributed by atoms with van der Waals surface area (Å²) >= 11 is 0. The van der Waals surface area contributed by atoms with Crippen molar-refractivity contribution in [1.29, 1.82) is 0 Å². The molecule has 0 spiro atoms. The van der Waals surface area contributed by atoms with Gasteiger partial charge in [0.15, 0.2) is 0 Å². The van der Waals surface area contributed by atoms with Crippen LogP contribution in [0, 0.1) is 5.41 Å². The molecule has 0 aromatic heterocycles. The molecule has 0 fully saturated rings. The molecule has 146 valence electrons. The highest BCUT2D eigenvalue weighted by Crippen LogP contribution is 2.26. The molecule has 0 aliphatic carbocycles. The van der Waals surface area contributed by atoms with E-state index in [1.54, 1.807) is 0 Å². The Bertz CT molecular complexity index is 387. The molecule has 4 heteroatoms. The largest absolute Gasteiger partial charge is 0.481 e. The van der Waals surface area contributed by atoms with Crippen molar-refractivity contribution in [3.63, 3.8) is 0 Å². The molecule has 0 aromatic carbocycles. The number of carboxylic acid groups (broad SMARTS) is 1. The lowest BCUT2D eigenvalue weighted by atomic mass is 9.81. The lowest BCUT2D eigenvalue weighted by Gasteiger charge is -2.21. The number of rotatable bonds is 16. The summed E-state index contributed by atoms with van der Waals surface area (Å²) < 4.78 is 0. The quantitative estimate of drug-likeness (QED) is 0.224. The summed E-state index contributed by atoms with van der Waals surface area (Å²) in [4.78, 5) is 22.7. The van der Waals surface area contributed by atoms with Crippen molar-refractivity contribution in [3.05, 3.63) is 12.2 Å². The lowest BCUT2D eigenvalue weighted by Crippen LogP contribution is -2.34. The maximum atomic E-state index is 11.5. The second kappa shape index (κ2) is 14.1. The number of carboxylic acids is 1. The Labute approximate surface area is 153 Å². The first-order chi connectivity index (χ1) is 11.8. The van der Waals surface area contributed by atoms with Crippen molar-refractivity contribution < 1.29 is 19.8 Å². The van der Waals surface area contributed by atoms with Crippen molar-refractivity contribution in [1.82, 2.24) is 0 Å². The second-order valence-corrected chi connectivity index (χ2v) is 7.36. The maximum absolute atomic E-state index is 11.5. The molecule has 1 unspecified atom stereocenters. The lowest BCUT2D eigenvalue weighted by molar-refractivity contribution is -0.153. The third-order valence-electron chi connectivity index (χ3n) is 5.01. The fraction of sp³-hybridized carbons (Fsp3) is 0.810. The van der Waals surface area contributed by atoms with Gasteiger partial charge in [0.1, 0.15) is 11.2 Å². The van der Waals surface area contributed by atoms with Gasteiger partial charge in [-0.25, -0.2) is 0 Å². The fourth-order valence-electron chi connectivity index (χ4n) is 2.82. The molecular weight excluding hydrogens is 316 g/mol. The normalized spacial score (nSPS) is 15.2. The molecule has 0 saturated carbocycles. The molecule has 0 heterocycles. The molecule has 2 atom stereocenters. The zero-order valence-corrected chi connectivity index (χ0v) is 16.4. The Morgan fingerprint density at radius 2 is 1.64 bits per heavy atom. The van der Waals surface area contributed by atoms with Crippen LogP contribution in [0.2, 0.25) is 0 Å². The number of unbranched alkanes of at least 4 members (excludes halogenated alkanes) is 7. The van der Waals surface area contributed by atoms with E-state index in [2.05, 4.69) is 19.1 Å². The molecule has 0 amide bonds. The summed E-state index contributed by atoms with van der Waals surface area (Å²) in [5, 5.41) is 19.0. The summed E-state index contributed by atoms with van der Waals surface area (Å²) in [5.41, 5.74) is -1.23. The number of allylic oxidation sites excluding steroid dienone is 1. The molecule has 0 radical (unpaired) electrons. The highest BCUT2D eigenvalue weighted by Gasteiger charge is 2.37. The maximum Gasteiger partial charge on any atom is 0.316 e. The van der Waals surface area contributed by atoms with Crippen LogP contribution in [0.15, 0.2) is 12.2 Å². The minimum absolute atomic E-state index is 0.214. The smallest absolute Gasteiger partial charge is 0.316 e. The van der Waals surface area contributed by atoms with Crippen LogP contribution in [0.3, 0.4) is 0 Å². The number of aliphatic hydroxyl groups excluding tert-OH is 1. The number of hydrogen-bond donors (Lipinski definition) is 2. The summed E-state index contributed by atoms with van der Waals surface area (Å²) in [7, 11) is 0. The van der Waals surface area contributed by atoms with Gasteiger partial charge in [-0.3, -0.25) is 9.59 Å². The van der Waals surface area contributed by atoms with E-state index >= 15 is 0 Å². The van der Waals surface area contributed by atoms with Gasteiger partial charge in [0, 0.05) is 0 Å². The van der Waals surface area contributed by atoms with E-state index in [1.807, 2.05) is 0 Å². The SMILES string of the molecule is CCCCCC[C@@H](O)C/C=C\CCCCCCC(C)(C(C)=O)C(=O)O. The summed E-state index contributed by atoms with van der Waals surface area (Å²) in [6.45, 7) is 5.07. The molecule has 0 rings (SSSR count). The van der Waals surface area contributed by atoms with Crippen molar-refractivity contribution in [3.8, 4) is 0 Å². The molecule has 0 saturated heterocycles. The minimum Gasteiger partial charge on any atom is -0.481 e. The molecule has 0 bridgehead atoms. The molecule has 25 heavy (non-hydrogen) atoms. The number of carbonyl (C=O) groups excluding carboxylic acids is 1. The van der Waals surface area contributed by atoms with Gasteiger partial charge in [0.2, 0.25) is 0 Å². The Morgan fingerprint density at radius 1 is 1.00 bits per heavy atom. The van der Waals surface area contributed by atoms with E-state index in [4.69, 9.17) is 0 Å². The zero-order chi connectivity index (χ0) is 19.1. The van der Waals surface area contributed by atoms with Gasteiger partial charge in [-0.1, -0.05) is 64.0 Å². The zero-order valence-electron chi connectivity index (χ0n) is 16.4. The molecule has 0 aliphatic rings. The molecule has 4 nitrogen and oxygen atoms in total. The highest BCUT2D eigenvalue weighted by atomic mass is 16.4. The van der Waals surface area contributed by atoms with Gasteiger partial charge in [-0.05, 0) is 46.0 Å². The molecule has 0 aromatic rings. The predicted octanol–water partition coefficient (Wildman–Crippen LogP) is 5.28. The first-order valence-electron chi connectivity index (χ1n) is 9.92. The van der Waals surface area contributed by atoms with Gasteiger partial charge in [0.05, 0.1) is 6.10 Å². The van der Waals surface area contributed by atoms with Crippen molar-refractivity contribution >= 4 is 11.8 Å². The van der Waals surface area contributed by atoms with Crippen LogP contribution in [0.1, 0.15) is 97.8 Å². The van der Waals surface area contributed by atoms with Crippen LogP contribution in [0.25, 0.3) is 0 Å². The number of Topliss-reactive ketones (excluding diaryl/α,β-unsaturated/α-hetero) is 1. The van der Waals surface area contributed by atoms with E-state index < -0.39 is 11.4 Å². The first-order valence-corrected chi connectivity index (χ1v) is 9.92. The Balaban J connectivity index is 3.66. The Morgan fingerprint density at radius 3 is 2.24 bits per heavy atom. The van der Waals surface area contributed by atoms with Gasteiger partial charge in [-0.2, -0.15) is 0 Å². The second-order valence-electron chi connectivity index (χ2n) is 7.36. The summed E-state index contributed by atoms with van der Waals surface area (Å²) in [6.07, 6.45) is 15.6. The van der Waals surface area contributed by atoms with E-state index in [1.165, 1.54) is 33.1 Å². The van der Waals surface area contributed by atoms with Crippen molar-refractivity contribution in [2.24, 2.45) is 5.41 Å². The molecular formula is C21H38O4. The number of carbonyl (C=O) groups is 2. The van der Waals surface area contributed by atoms with Gasteiger partial charge >= 0.3 is 5.97 Å². The average Bonchev–Trinajstić information content (AvgIpc) is 2.56. The van der Waals surface area contributed by atoms with Crippen LogP contribution in [0.5, 0.6) is 0 Å². The van der Waals surface area contributed by atoms with Crippen LogP contribution >= 0.6 is 0 Å². The highest BCUT2D eigenvalue weighted by molar-refractivity contribution is 6.01. The topological polar surface area (TPSA) is 74.6 Å². The van der Waals surface area contributed by atoms with E-state index in [-0.39, 0.29) is 11.9 Å². The number of aliphatic carboxylic acids is 1. The average molecular weight is 355 g/mol. The Hall–Kier alpha value is -1.16. The molecule has 0 aliphatic heterocycles. The third-order valence-corrected chi connectivity index (χ3v) is 5.01. The third kappa shape index (κ3) is 11.1. The minimum atomic E-state index is -1.23. The summed E-state index contributed by atoms with van der Waals surface area (Å²) in [6, 6.07) is 0. The standard InChI is InChI=1S/C21H38O4/c1-4-5-6-12-15-19(23)16-13-10-8-7-9-11-14-17-21(3,18(2)22)20(24)25/h10,13,19,23H,4-9,11-12,14-17H2,1-3H3,(H,24,25)/b13-10-/t19-,21?/m1/s1. The number of hydrogen-bond acceptors (Lipinski definition) is 3. The Kier molecular flexibility index (Phi) is 13.4. The van der Waals surface area contributed by atoms with Crippen LogP contribution in [-0.2, 0) is 9.59 Å². The van der Waals surface area contributed by atoms with E-state index in [0.717, 1.165) is 51.4 Å². The predicted molar refractivity (Wildman–Crippen MR) is 103 cm³/mol. The number of aliphatic hydroxyl groups is 1. The van der Waals surface area contributed by atoms with Crippen molar-refractivity contribution in [2.45, 2.75) is 104 Å². The fourth-order valence-corrected chi connectivity index (χ4v) is 2.82. The first kappa shape index (κ1) is 23.8. The van der Waals surface area contributed by atoms with Gasteiger partial charge in [-0.15, -0.1) is 0 Å². The van der Waals surface area contributed by atoms with E-state index in [9.17, 15) is 19.8 Å². The van der Waals surface area contributed by atoms with E-state index in [0.29, 0.717) is 6.42 Å². The van der Waals surface area contributed by atoms with Crippen LogP contribution in [-0.4, -0.2) is 28.1 Å². The van der Waals surface area contributed by atoms with Crippen LogP contribution in [0.4, 0.5) is 0 Å². The molecule has 2 N–H and O–H groups in total. The monoisotopic (exact) mass is 354 g/mol. The summed E-state index contributed by atoms with van der Waals surface area (Å²) in [5.74, 6) is -1.28.